The predicted octanol–water partition coefficient (Wildman–Crippen LogP) is 4.13. The van der Waals surface area contributed by atoms with Crippen LogP contribution in [0.4, 0.5) is 4.79 Å². The fraction of sp³-hybridized carbons (Fsp3) is 0.0952. The summed E-state index contributed by atoms with van der Waals surface area (Å²) < 4.78 is 9.90. The average Bonchev–Trinajstić information content (AvgIpc) is 2.68. The second-order valence-electron chi connectivity index (χ2n) is 5.34. The highest BCUT2D eigenvalue weighted by molar-refractivity contribution is 6.09. The maximum absolute atomic E-state index is 12.3. The minimum absolute atomic E-state index is 0.0260. The van der Waals surface area contributed by atoms with Crippen molar-refractivity contribution in [3.8, 4) is 5.75 Å². The minimum atomic E-state index is -0.897. The van der Waals surface area contributed by atoms with E-state index in [-0.39, 0.29) is 30.3 Å². The molecule has 0 atom stereocenters. The van der Waals surface area contributed by atoms with Gasteiger partial charge in [-0.05, 0) is 35.9 Å². The van der Waals surface area contributed by atoms with E-state index in [2.05, 4.69) is 13.2 Å². The van der Waals surface area contributed by atoms with Crippen LogP contribution in [0, 0.1) is 0 Å². The van der Waals surface area contributed by atoms with E-state index in [1.165, 1.54) is 12.1 Å². The van der Waals surface area contributed by atoms with Crippen LogP contribution >= 0.6 is 0 Å². The standard InChI is InChI=1S/C21H18O5/c1-3-19(22)15(2)13-14-25-21(24)26-18-11-9-17(10-12-18)20(23)16-7-5-4-6-8-16/h3-12H,1-2,13-14H2. The molecule has 0 saturated heterocycles. The molecule has 0 bridgehead atoms. The largest absolute Gasteiger partial charge is 0.513 e. The van der Waals surface area contributed by atoms with Crippen molar-refractivity contribution in [2.45, 2.75) is 6.42 Å². The van der Waals surface area contributed by atoms with Crippen LogP contribution in [0.5, 0.6) is 5.75 Å². The first-order valence-electron chi connectivity index (χ1n) is 7.90. The molecule has 0 aliphatic carbocycles. The Morgan fingerprint density at radius 1 is 0.923 bits per heavy atom. The lowest BCUT2D eigenvalue weighted by molar-refractivity contribution is -0.111. The molecule has 2 aromatic rings. The third-order valence-electron chi connectivity index (χ3n) is 3.51. The normalized spacial score (nSPS) is 9.85. The lowest BCUT2D eigenvalue weighted by Gasteiger charge is -2.07. The van der Waals surface area contributed by atoms with Crippen LogP contribution in [-0.2, 0) is 9.53 Å². The van der Waals surface area contributed by atoms with Crippen molar-refractivity contribution in [2.75, 3.05) is 6.61 Å². The van der Waals surface area contributed by atoms with Gasteiger partial charge in [0.25, 0.3) is 0 Å². The van der Waals surface area contributed by atoms with Crippen LogP contribution < -0.4 is 4.74 Å². The summed E-state index contributed by atoms with van der Waals surface area (Å²) in [6, 6.07) is 15.0. The molecule has 5 nitrogen and oxygen atoms in total. The summed E-state index contributed by atoms with van der Waals surface area (Å²) in [5, 5.41) is 0. The molecule has 5 heteroatoms. The Hall–Kier alpha value is -3.47. The molecule has 2 aromatic carbocycles. The molecule has 0 spiro atoms. The van der Waals surface area contributed by atoms with Crippen LogP contribution in [0.25, 0.3) is 0 Å². The van der Waals surface area contributed by atoms with Crippen molar-refractivity contribution in [3.05, 3.63) is 90.5 Å². The third kappa shape index (κ3) is 5.27. The zero-order chi connectivity index (χ0) is 18.9. The number of benzene rings is 2. The van der Waals surface area contributed by atoms with Crippen molar-refractivity contribution in [2.24, 2.45) is 0 Å². The monoisotopic (exact) mass is 350 g/mol. The average molecular weight is 350 g/mol. The molecule has 2 rings (SSSR count). The first kappa shape index (κ1) is 18.9. The van der Waals surface area contributed by atoms with Gasteiger partial charge in [-0.25, -0.2) is 4.79 Å². The van der Waals surface area contributed by atoms with Gasteiger partial charge in [-0.15, -0.1) is 0 Å². The molecule has 0 N–H and O–H groups in total. The lowest BCUT2D eigenvalue weighted by Crippen LogP contribution is -2.13. The van der Waals surface area contributed by atoms with Gasteiger partial charge in [0.05, 0.1) is 6.61 Å². The number of hydrogen-bond acceptors (Lipinski definition) is 5. The highest BCUT2D eigenvalue weighted by Crippen LogP contribution is 2.16. The Morgan fingerprint density at radius 3 is 2.15 bits per heavy atom. The fourth-order valence-electron chi connectivity index (χ4n) is 2.08. The topological polar surface area (TPSA) is 69.7 Å². The summed E-state index contributed by atoms with van der Waals surface area (Å²) in [6.45, 7) is 6.90. The van der Waals surface area contributed by atoms with Gasteiger partial charge in [-0.3, -0.25) is 9.59 Å². The summed E-state index contributed by atoms with van der Waals surface area (Å²) >= 11 is 0. The van der Waals surface area contributed by atoms with Gasteiger partial charge in [0.15, 0.2) is 11.6 Å². The summed E-state index contributed by atoms with van der Waals surface area (Å²) in [6.07, 6.45) is 0.453. The SMILES string of the molecule is C=CC(=O)C(=C)CCOC(=O)Oc1ccc(C(=O)c2ccccc2)cc1. The first-order valence-corrected chi connectivity index (χ1v) is 7.90. The number of rotatable bonds is 8. The van der Waals surface area contributed by atoms with Crippen LogP contribution in [0.15, 0.2) is 79.4 Å². The molecule has 0 saturated carbocycles. The van der Waals surface area contributed by atoms with E-state index in [1.807, 2.05) is 6.07 Å². The first-order chi connectivity index (χ1) is 12.5. The van der Waals surface area contributed by atoms with Gasteiger partial charge in [-0.2, -0.15) is 0 Å². The van der Waals surface area contributed by atoms with Crippen LogP contribution in [0.2, 0.25) is 0 Å². The fourth-order valence-corrected chi connectivity index (χ4v) is 2.08. The van der Waals surface area contributed by atoms with Crippen molar-refractivity contribution in [3.63, 3.8) is 0 Å². The molecular weight excluding hydrogens is 332 g/mol. The molecule has 0 unspecified atom stereocenters. The summed E-state index contributed by atoms with van der Waals surface area (Å²) in [5.74, 6) is -0.161. The van der Waals surface area contributed by atoms with Gasteiger partial charge in [0, 0.05) is 17.5 Å². The van der Waals surface area contributed by atoms with Crippen LogP contribution in [0.3, 0.4) is 0 Å². The highest BCUT2D eigenvalue weighted by Gasteiger charge is 2.11. The van der Waals surface area contributed by atoms with Crippen molar-refractivity contribution in [1.29, 1.82) is 0 Å². The number of hydrogen-bond donors (Lipinski definition) is 0. The maximum Gasteiger partial charge on any atom is 0.513 e. The maximum atomic E-state index is 12.3. The summed E-state index contributed by atoms with van der Waals surface area (Å²) in [5.41, 5.74) is 1.36. The molecule has 26 heavy (non-hydrogen) atoms. The Labute approximate surface area is 151 Å². The summed E-state index contributed by atoms with van der Waals surface area (Å²) in [4.78, 5) is 35.2. The van der Waals surface area contributed by atoms with E-state index in [4.69, 9.17) is 9.47 Å². The molecular formula is C21H18O5. The lowest BCUT2D eigenvalue weighted by atomic mass is 10.0. The molecule has 0 aliphatic heterocycles. The number of carbonyl (C=O) groups excluding carboxylic acids is 3. The zero-order valence-electron chi connectivity index (χ0n) is 14.1. The number of allylic oxidation sites excluding steroid dienone is 1. The van der Waals surface area contributed by atoms with E-state index < -0.39 is 6.16 Å². The van der Waals surface area contributed by atoms with Gasteiger partial charge >= 0.3 is 6.16 Å². The van der Waals surface area contributed by atoms with Crippen LogP contribution in [-0.4, -0.2) is 24.3 Å². The molecule has 0 fully saturated rings. The quantitative estimate of drug-likeness (QED) is 0.310. The molecule has 0 radical (unpaired) electrons. The summed E-state index contributed by atoms with van der Waals surface area (Å²) in [7, 11) is 0. The second-order valence-corrected chi connectivity index (χ2v) is 5.34. The zero-order valence-corrected chi connectivity index (χ0v) is 14.1. The van der Waals surface area contributed by atoms with E-state index in [0.717, 1.165) is 6.08 Å². The number of ketones is 2. The smallest absolute Gasteiger partial charge is 0.434 e. The van der Waals surface area contributed by atoms with E-state index in [0.29, 0.717) is 16.7 Å². The molecule has 0 amide bonds. The van der Waals surface area contributed by atoms with Gasteiger partial charge in [0.2, 0.25) is 0 Å². The van der Waals surface area contributed by atoms with Crippen molar-refractivity contribution < 1.29 is 23.9 Å². The predicted molar refractivity (Wildman–Crippen MR) is 97.3 cm³/mol. The van der Waals surface area contributed by atoms with E-state index in [9.17, 15) is 14.4 Å². The van der Waals surface area contributed by atoms with Crippen molar-refractivity contribution >= 4 is 17.7 Å². The molecule has 0 aliphatic rings. The van der Waals surface area contributed by atoms with Crippen LogP contribution in [0.1, 0.15) is 22.3 Å². The second kappa shape index (κ2) is 9.13. The van der Waals surface area contributed by atoms with Gasteiger partial charge < -0.3 is 9.47 Å². The highest BCUT2D eigenvalue weighted by atomic mass is 16.7. The Bertz CT molecular complexity index is 819. The van der Waals surface area contributed by atoms with E-state index in [1.54, 1.807) is 36.4 Å². The van der Waals surface area contributed by atoms with Gasteiger partial charge in [0.1, 0.15) is 5.75 Å². The number of ether oxygens (including phenoxy) is 2. The third-order valence-corrected chi connectivity index (χ3v) is 3.51. The van der Waals surface area contributed by atoms with Crippen molar-refractivity contribution in [1.82, 2.24) is 0 Å². The minimum Gasteiger partial charge on any atom is -0.434 e. The molecule has 132 valence electrons. The molecule has 0 heterocycles. The Balaban J connectivity index is 1.86. The number of carbonyl (C=O) groups is 3. The molecule has 0 aromatic heterocycles. The van der Waals surface area contributed by atoms with Gasteiger partial charge in [-0.1, -0.05) is 43.5 Å². The Morgan fingerprint density at radius 2 is 1.54 bits per heavy atom. The Kier molecular flexibility index (Phi) is 6.62. The van der Waals surface area contributed by atoms with E-state index >= 15 is 0 Å².